The Hall–Kier alpha value is -3.18. The summed E-state index contributed by atoms with van der Waals surface area (Å²) >= 11 is 0. The number of carbonyl (C=O) groups excluding carboxylic acids is 2. The predicted octanol–water partition coefficient (Wildman–Crippen LogP) is 3.26. The molecule has 0 bridgehead atoms. The van der Waals surface area contributed by atoms with E-state index in [2.05, 4.69) is 47.0 Å². The molecule has 1 fully saturated rings. The molecular formula is C25H27N3O2. The number of likely N-dealkylation sites (tertiary alicyclic amines) is 1. The van der Waals surface area contributed by atoms with Crippen LogP contribution >= 0.6 is 0 Å². The van der Waals surface area contributed by atoms with Crippen molar-refractivity contribution in [1.82, 2.24) is 15.5 Å². The van der Waals surface area contributed by atoms with E-state index in [4.69, 9.17) is 0 Å². The molecule has 1 unspecified atom stereocenters. The van der Waals surface area contributed by atoms with Gasteiger partial charge in [0.05, 0.1) is 19.1 Å². The van der Waals surface area contributed by atoms with Gasteiger partial charge >= 0.3 is 0 Å². The number of amides is 2. The molecule has 1 aliphatic heterocycles. The van der Waals surface area contributed by atoms with Crippen LogP contribution in [0, 0.1) is 0 Å². The second-order valence-corrected chi connectivity index (χ2v) is 7.66. The Morgan fingerprint density at radius 3 is 2.33 bits per heavy atom. The van der Waals surface area contributed by atoms with Crippen LogP contribution in [0.1, 0.15) is 30.0 Å². The molecule has 3 aromatic rings. The lowest BCUT2D eigenvalue weighted by Crippen LogP contribution is -2.42. The zero-order valence-electron chi connectivity index (χ0n) is 17.0. The number of nitrogens with one attached hydrogen (secondary N) is 2. The van der Waals surface area contributed by atoms with E-state index in [0.29, 0.717) is 0 Å². The fourth-order valence-corrected chi connectivity index (χ4v) is 4.06. The van der Waals surface area contributed by atoms with Crippen molar-refractivity contribution < 1.29 is 9.59 Å². The van der Waals surface area contributed by atoms with E-state index in [9.17, 15) is 9.59 Å². The van der Waals surface area contributed by atoms with E-state index >= 15 is 0 Å². The molecule has 0 radical (unpaired) electrons. The van der Waals surface area contributed by atoms with Gasteiger partial charge in [0.1, 0.15) is 0 Å². The van der Waals surface area contributed by atoms with Gasteiger partial charge in [0, 0.05) is 13.1 Å². The molecule has 1 aliphatic rings. The van der Waals surface area contributed by atoms with Crippen molar-refractivity contribution >= 4 is 22.6 Å². The standard InChI is InChI=1S/C25H27N3O2/c29-23(26-18-24(30)28-15-6-7-16-28)17-27-25(20-10-2-1-3-11-20)22-14-8-12-19-9-4-5-13-21(19)22/h1-5,8-14,25,27H,6-7,15-18H2,(H,26,29). The van der Waals surface area contributed by atoms with Gasteiger partial charge in [0.25, 0.3) is 0 Å². The first-order valence-corrected chi connectivity index (χ1v) is 10.5. The molecule has 4 rings (SSSR count). The highest BCUT2D eigenvalue weighted by Gasteiger charge is 2.20. The normalized spacial score (nSPS) is 14.6. The van der Waals surface area contributed by atoms with Crippen LogP contribution in [0.25, 0.3) is 10.8 Å². The molecule has 2 N–H and O–H groups in total. The number of rotatable bonds is 7. The summed E-state index contributed by atoms with van der Waals surface area (Å²) in [6, 6.07) is 24.5. The molecule has 154 valence electrons. The Morgan fingerprint density at radius 2 is 1.53 bits per heavy atom. The summed E-state index contributed by atoms with van der Waals surface area (Å²) in [4.78, 5) is 26.4. The van der Waals surface area contributed by atoms with Crippen LogP contribution in [0.3, 0.4) is 0 Å². The third-order valence-electron chi connectivity index (χ3n) is 5.63. The van der Waals surface area contributed by atoms with Crippen LogP contribution < -0.4 is 10.6 Å². The molecule has 5 heteroatoms. The van der Waals surface area contributed by atoms with Crippen LogP contribution in [-0.2, 0) is 9.59 Å². The summed E-state index contributed by atoms with van der Waals surface area (Å²) < 4.78 is 0. The lowest BCUT2D eigenvalue weighted by molar-refractivity contribution is -0.131. The molecule has 3 aromatic carbocycles. The third-order valence-corrected chi connectivity index (χ3v) is 5.63. The highest BCUT2D eigenvalue weighted by atomic mass is 16.2. The number of fused-ring (bicyclic) bond motifs is 1. The molecule has 0 aromatic heterocycles. The van der Waals surface area contributed by atoms with Gasteiger partial charge in [0.15, 0.2) is 0 Å². The van der Waals surface area contributed by atoms with E-state index in [1.165, 1.54) is 5.39 Å². The SMILES string of the molecule is O=C(CNC(c1ccccc1)c1cccc2ccccc12)NCC(=O)N1CCCC1. The first kappa shape index (κ1) is 20.1. The minimum atomic E-state index is -0.177. The van der Waals surface area contributed by atoms with Crippen LogP contribution in [0.15, 0.2) is 72.8 Å². The van der Waals surface area contributed by atoms with Crippen molar-refractivity contribution in [3.05, 3.63) is 83.9 Å². The number of carbonyl (C=O) groups is 2. The summed E-state index contributed by atoms with van der Waals surface area (Å²) in [5.41, 5.74) is 2.22. The molecule has 1 heterocycles. The minimum Gasteiger partial charge on any atom is -0.346 e. The van der Waals surface area contributed by atoms with Crippen molar-refractivity contribution in [2.24, 2.45) is 0 Å². The highest BCUT2D eigenvalue weighted by Crippen LogP contribution is 2.28. The Labute approximate surface area is 177 Å². The van der Waals surface area contributed by atoms with Gasteiger partial charge in [-0.3, -0.25) is 14.9 Å². The van der Waals surface area contributed by atoms with Gasteiger partial charge < -0.3 is 10.2 Å². The first-order chi connectivity index (χ1) is 14.7. The summed E-state index contributed by atoms with van der Waals surface area (Å²) in [5, 5.41) is 8.49. The molecule has 1 saturated heterocycles. The fraction of sp³-hybridized carbons (Fsp3) is 0.280. The van der Waals surface area contributed by atoms with Gasteiger partial charge in [-0.05, 0) is 34.7 Å². The minimum absolute atomic E-state index is 0.00508. The zero-order valence-corrected chi connectivity index (χ0v) is 17.0. The van der Waals surface area contributed by atoms with Crippen LogP contribution in [0.2, 0.25) is 0 Å². The number of benzene rings is 3. The molecule has 1 atom stereocenters. The highest BCUT2D eigenvalue weighted by molar-refractivity contribution is 5.87. The van der Waals surface area contributed by atoms with Crippen molar-refractivity contribution in [3.8, 4) is 0 Å². The Balaban J connectivity index is 1.47. The quantitative estimate of drug-likeness (QED) is 0.639. The van der Waals surface area contributed by atoms with E-state index in [-0.39, 0.29) is 30.9 Å². The molecule has 2 amide bonds. The largest absolute Gasteiger partial charge is 0.346 e. The fourth-order valence-electron chi connectivity index (χ4n) is 4.06. The lowest BCUT2D eigenvalue weighted by atomic mass is 9.93. The Morgan fingerprint density at radius 1 is 0.833 bits per heavy atom. The topological polar surface area (TPSA) is 61.4 Å². The maximum absolute atomic E-state index is 12.4. The lowest BCUT2D eigenvalue weighted by Gasteiger charge is -2.22. The average Bonchev–Trinajstić information content (AvgIpc) is 3.33. The molecule has 0 spiro atoms. The van der Waals surface area contributed by atoms with E-state index in [0.717, 1.165) is 42.4 Å². The second-order valence-electron chi connectivity index (χ2n) is 7.66. The monoisotopic (exact) mass is 401 g/mol. The first-order valence-electron chi connectivity index (χ1n) is 10.5. The predicted molar refractivity (Wildman–Crippen MR) is 119 cm³/mol. The molecule has 0 aliphatic carbocycles. The molecule has 0 saturated carbocycles. The Bertz CT molecular complexity index is 1010. The summed E-state index contributed by atoms with van der Waals surface area (Å²) in [7, 11) is 0. The van der Waals surface area contributed by atoms with Gasteiger partial charge in [-0.1, -0.05) is 72.8 Å². The zero-order chi connectivity index (χ0) is 20.8. The number of hydrogen-bond acceptors (Lipinski definition) is 3. The van der Waals surface area contributed by atoms with Crippen LogP contribution in [0.4, 0.5) is 0 Å². The summed E-state index contributed by atoms with van der Waals surface area (Å²) in [6.07, 6.45) is 2.09. The third kappa shape index (κ3) is 4.69. The van der Waals surface area contributed by atoms with Gasteiger partial charge in [-0.25, -0.2) is 0 Å². The Kier molecular flexibility index (Phi) is 6.40. The van der Waals surface area contributed by atoms with Gasteiger partial charge in [-0.2, -0.15) is 0 Å². The van der Waals surface area contributed by atoms with Crippen molar-refractivity contribution in [2.75, 3.05) is 26.2 Å². The van der Waals surface area contributed by atoms with Crippen LogP contribution in [-0.4, -0.2) is 42.9 Å². The molecule has 30 heavy (non-hydrogen) atoms. The van der Waals surface area contributed by atoms with Gasteiger partial charge in [0.2, 0.25) is 11.8 Å². The molecule has 5 nitrogen and oxygen atoms in total. The van der Waals surface area contributed by atoms with Crippen molar-refractivity contribution in [1.29, 1.82) is 0 Å². The van der Waals surface area contributed by atoms with Crippen LogP contribution in [0.5, 0.6) is 0 Å². The summed E-state index contributed by atoms with van der Waals surface area (Å²) in [6.45, 7) is 1.79. The summed E-state index contributed by atoms with van der Waals surface area (Å²) in [5.74, 6) is -0.182. The van der Waals surface area contributed by atoms with E-state index in [1.807, 2.05) is 41.3 Å². The average molecular weight is 402 g/mol. The smallest absolute Gasteiger partial charge is 0.241 e. The van der Waals surface area contributed by atoms with Crippen molar-refractivity contribution in [2.45, 2.75) is 18.9 Å². The van der Waals surface area contributed by atoms with E-state index < -0.39 is 0 Å². The molecular weight excluding hydrogens is 374 g/mol. The maximum Gasteiger partial charge on any atom is 0.241 e. The maximum atomic E-state index is 12.4. The van der Waals surface area contributed by atoms with E-state index in [1.54, 1.807) is 0 Å². The van der Waals surface area contributed by atoms with Crippen molar-refractivity contribution in [3.63, 3.8) is 0 Å². The van der Waals surface area contributed by atoms with Gasteiger partial charge in [-0.15, -0.1) is 0 Å². The number of hydrogen-bond donors (Lipinski definition) is 2. The number of nitrogens with zero attached hydrogens (tertiary/aromatic N) is 1. The second kappa shape index (κ2) is 9.55.